The lowest BCUT2D eigenvalue weighted by atomic mass is 10.1. The third-order valence-electron chi connectivity index (χ3n) is 3.25. The number of carbonyl (C=O) groups excluding carboxylic acids is 1. The standard InChI is InChI=1S/C12H12N2OS.C5H9N.C4H8.2C2H6/c15-7-11(14-8-16)6-9-1-2-12-10(5-9)3-4-13-12;1-3-4-5-6-2;1-3-4-2;2*1-2/h1-5,7-8,11,13H,6H2,(H,14,16);3-6H,1H2,2H3;3-4H,1-2H3;2*1-2H3/b;5-4+;4-3-;;. The van der Waals surface area contributed by atoms with Crippen molar-refractivity contribution >= 4 is 34.9 Å². The number of aromatic nitrogens is 1. The second kappa shape index (κ2) is 26.3. The summed E-state index contributed by atoms with van der Waals surface area (Å²) in [6.45, 7) is 15.5. The molecule has 1 aromatic heterocycles. The first-order valence-corrected chi connectivity index (χ1v) is 10.9. The van der Waals surface area contributed by atoms with E-state index in [-0.39, 0.29) is 6.04 Å². The zero-order valence-corrected chi connectivity index (χ0v) is 20.6. The van der Waals surface area contributed by atoms with Crippen molar-refractivity contribution in [3.63, 3.8) is 0 Å². The molecular weight excluding hydrogens is 390 g/mol. The van der Waals surface area contributed by atoms with Crippen molar-refractivity contribution in [1.82, 2.24) is 15.6 Å². The summed E-state index contributed by atoms with van der Waals surface area (Å²) in [5.41, 5.74) is 3.61. The Morgan fingerprint density at radius 2 is 1.77 bits per heavy atom. The Labute approximate surface area is 189 Å². The number of fused-ring (bicyclic) bond motifs is 1. The molecule has 0 saturated heterocycles. The fourth-order valence-electron chi connectivity index (χ4n) is 1.88. The highest BCUT2D eigenvalue weighted by molar-refractivity contribution is 7.78. The molecule has 0 spiro atoms. The highest BCUT2D eigenvalue weighted by atomic mass is 32.1. The SMILES string of the molecule is C/C=C\C.C=C/C=C/NC.CC.CC.O=CC(Cc1ccc2[nH]ccc2c1)NC=S. The molecule has 4 nitrogen and oxygen atoms in total. The summed E-state index contributed by atoms with van der Waals surface area (Å²) >= 11 is 4.67. The molecule has 5 heteroatoms. The van der Waals surface area contributed by atoms with Crippen molar-refractivity contribution in [1.29, 1.82) is 0 Å². The van der Waals surface area contributed by atoms with Gasteiger partial charge in [0.05, 0.1) is 11.5 Å². The molecule has 0 bridgehead atoms. The Kier molecular flexibility index (Phi) is 28.1. The van der Waals surface area contributed by atoms with E-state index in [2.05, 4.69) is 40.5 Å². The van der Waals surface area contributed by atoms with Crippen molar-refractivity contribution in [2.24, 2.45) is 0 Å². The Morgan fingerprint density at radius 1 is 1.13 bits per heavy atom. The van der Waals surface area contributed by atoms with Crippen LogP contribution in [0.3, 0.4) is 0 Å². The molecule has 1 heterocycles. The first-order chi connectivity index (χ1) is 14.7. The van der Waals surface area contributed by atoms with Crippen molar-refractivity contribution in [2.45, 2.75) is 54.0 Å². The van der Waals surface area contributed by atoms with E-state index in [1.807, 2.05) is 97.4 Å². The number of benzene rings is 1. The van der Waals surface area contributed by atoms with Crippen LogP contribution in [0.25, 0.3) is 10.9 Å². The molecule has 3 N–H and O–H groups in total. The lowest BCUT2D eigenvalue weighted by molar-refractivity contribution is -0.109. The van der Waals surface area contributed by atoms with Gasteiger partial charge in [-0.15, -0.1) is 0 Å². The minimum absolute atomic E-state index is 0.242. The van der Waals surface area contributed by atoms with Gasteiger partial charge in [-0.2, -0.15) is 0 Å². The van der Waals surface area contributed by atoms with Crippen LogP contribution in [0.4, 0.5) is 0 Å². The molecule has 168 valence electrons. The van der Waals surface area contributed by atoms with Gasteiger partial charge in [0.2, 0.25) is 0 Å². The first-order valence-electron chi connectivity index (χ1n) is 10.4. The van der Waals surface area contributed by atoms with Crippen LogP contribution >= 0.6 is 12.2 Å². The quantitative estimate of drug-likeness (QED) is 0.206. The summed E-state index contributed by atoms with van der Waals surface area (Å²) in [5.74, 6) is 0. The molecule has 0 aliphatic heterocycles. The molecule has 1 unspecified atom stereocenters. The summed E-state index contributed by atoms with van der Waals surface area (Å²) in [4.78, 5) is 13.9. The highest BCUT2D eigenvalue weighted by Gasteiger charge is 2.06. The zero-order valence-electron chi connectivity index (χ0n) is 19.7. The van der Waals surface area contributed by atoms with Gasteiger partial charge >= 0.3 is 0 Å². The number of allylic oxidation sites excluding steroid dienone is 4. The van der Waals surface area contributed by atoms with E-state index in [0.717, 1.165) is 22.8 Å². The van der Waals surface area contributed by atoms with Crippen molar-refractivity contribution < 1.29 is 4.79 Å². The van der Waals surface area contributed by atoms with Crippen molar-refractivity contribution in [3.05, 3.63) is 73.1 Å². The largest absolute Gasteiger partial charge is 0.394 e. The summed E-state index contributed by atoms with van der Waals surface area (Å²) < 4.78 is 0. The molecule has 2 rings (SSSR count). The maximum atomic E-state index is 10.8. The summed E-state index contributed by atoms with van der Waals surface area (Å²) in [7, 11) is 1.85. The van der Waals surface area contributed by atoms with E-state index in [0.29, 0.717) is 6.42 Å². The van der Waals surface area contributed by atoms with Gasteiger partial charge in [0, 0.05) is 18.8 Å². The summed E-state index contributed by atoms with van der Waals surface area (Å²) in [6.07, 6.45) is 12.8. The molecular formula is C25H41N3OS. The number of aldehydes is 1. The third kappa shape index (κ3) is 17.4. The van der Waals surface area contributed by atoms with Crippen LogP contribution in [0.5, 0.6) is 0 Å². The molecule has 0 saturated carbocycles. The highest BCUT2D eigenvalue weighted by Crippen LogP contribution is 2.15. The van der Waals surface area contributed by atoms with Crippen LogP contribution in [0.15, 0.2) is 67.5 Å². The van der Waals surface area contributed by atoms with E-state index in [1.165, 1.54) is 5.49 Å². The van der Waals surface area contributed by atoms with E-state index >= 15 is 0 Å². The van der Waals surface area contributed by atoms with E-state index < -0.39 is 0 Å². The summed E-state index contributed by atoms with van der Waals surface area (Å²) in [6, 6.07) is 7.88. The Hall–Kier alpha value is -2.66. The molecule has 0 amide bonds. The topological polar surface area (TPSA) is 56.9 Å². The van der Waals surface area contributed by atoms with Gasteiger partial charge in [-0.25, -0.2) is 0 Å². The number of rotatable bonds is 7. The van der Waals surface area contributed by atoms with Gasteiger partial charge in [0.25, 0.3) is 0 Å². The number of nitrogens with one attached hydrogen (secondary N) is 3. The first kappa shape index (κ1) is 32.0. The average Bonchev–Trinajstić information content (AvgIpc) is 3.28. The Balaban J connectivity index is -0.000000435. The van der Waals surface area contributed by atoms with Crippen LogP contribution in [0.1, 0.15) is 47.1 Å². The molecule has 1 atom stereocenters. The van der Waals surface area contributed by atoms with Gasteiger partial charge in [-0.3, -0.25) is 0 Å². The number of carbonyl (C=O) groups is 1. The fourth-order valence-corrected chi connectivity index (χ4v) is 2.06. The van der Waals surface area contributed by atoms with E-state index in [1.54, 1.807) is 6.08 Å². The number of hydrogen-bond acceptors (Lipinski definition) is 3. The maximum Gasteiger partial charge on any atom is 0.142 e. The normalized spacial score (nSPS) is 9.97. The Bertz CT molecular complexity index is 701. The van der Waals surface area contributed by atoms with Crippen LogP contribution in [-0.4, -0.2) is 29.9 Å². The van der Waals surface area contributed by atoms with E-state index in [4.69, 9.17) is 0 Å². The predicted molar refractivity (Wildman–Crippen MR) is 140 cm³/mol. The number of hydrogen-bond donors (Lipinski definition) is 3. The van der Waals surface area contributed by atoms with Gasteiger partial charge in [-0.05, 0) is 61.7 Å². The summed E-state index contributed by atoms with van der Waals surface area (Å²) in [5, 5.41) is 6.81. The molecule has 0 aliphatic carbocycles. The Morgan fingerprint density at radius 3 is 2.20 bits per heavy atom. The van der Waals surface area contributed by atoms with Gasteiger partial charge in [-0.1, -0.05) is 70.8 Å². The lowest BCUT2D eigenvalue weighted by Gasteiger charge is -2.09. The monoisotopic (exact) mass is 431 g/mol. The molecule has 0 radical (unpaired) electrons. The minimum atomic E-state index is -0.242. The van der Waals surface area contributed by atoms with E-state index in [9.17, 15) is 4.79 Å². The zero-order chi connectivity index (χ0) is 23.6. The lowest BCUT2D eigenvalue weighted by Crippen LogP contribution is -2.30. The van der Waals surface area contributed by atoms with Gasteiger partial charge in [0.15, 0.2) is 0 Å². The second-order valence-electron chi connectivity index (χ2n) is 5.18. The fraction of sp³-hybridized carbons (Fsp3) is 0.360. The van der Waals surface area contributed by atoms with Crippen LogP contribution in [-0.2, 0) is 11.2 Å². The second-order valence-corrected chi connectivity index (χ2v) is 5.42. The maximum absolute atomic E-state index is 10.8. The molecule has 1 aromatic carbocycles. The molecule has 2 aromatic rings. The van der Waals surface area contributed by atoms with Crippen LogP contribution in [0, 0.1) is 0 Å². The molecule has 30 heavy (non-hydrogen) atoms. The average molecular weight is 432 g/mol. The third-order valence-corrected chi connectivity index (χ3v) is 3.39. The number of H-pyrrole nitrogens is 1. The minimum Gasteiger partial charge on any atom is -0.394 e. The van der Waals surface area contributed by atoms with Gasteiger partial charge < -0.3 is 20.4 Å². The van der Waals surface area contributed by atoms with Crippen molar-refractivity contribution in [2.75, 3.05) is 7.05 Å². The van der Waals surface area contributed by atoms with Crippen LogP contribution in [0.2, 0.25) is 0 Å². The van der Waals surface area contributed by atoms with Crippen molar-refractivity contribution in [3.8, 4) is 0 Å². The predicted octanol–water partition coefficient (Wildman–Crippen LogP) is 6.37. The molecule has 0 aliphatic rings. The van der Waals surface area contributed by atoms with Gasteiger partial charge in [0.1, 0.15) is 6.29 Å². The molecule has 0 fully saturated rings. The smallest absolute Gasteiger partial charge is 0.142 e. The van der Waals surface area contributed by atoms with Crippen LogP contribution < -0.4 is 10.6 Å². The number of thiocarbonyl (C=S) groups is 1. The number of aromatic amines is 1.